The second-order valence-corrected chi connectivity index (χ2v) is 2.05. The highest BCUT2D eigenvalue weighted by molar-refractivity contribution is 6.31. The molecule has 9 heavy (non-hydrogen) atoms. The molecule has 2 heteroatoms. The molecule has 0 fully saturated rings. The predicted octanol–water partition coefficient (Wildman–Crippen LogP) is 1.83. The number of terminal acetylenes is 1. The van der Waals surface area contributed by atoms with Gasteiger partial charge in [0.05, 0.1) is 5.57 Å². The summed E-state index contributed by atoms with van der Waals surface area (Å²) in [7, 11) is 1.65. The van der Waals surface area contributed by atoms with Gasteiger partial charge >= 0.3 is 0 Å². The average molecular weight is 142 g/mol. The molecule has 0 N–H and O–H groups in total. The van der Waals surface area contributed by atoms with Crippen molar-refractivity contribution >= 4 is 17.8 Å². The number of halogens is 1. The standard InChI is InChI=1S/C7H8ClN/c1-4-7(5-9-3)6(2)8/h1,5H,2-3H3/b7-6+,9-5?. The Morgan fingerprint density at radius 2 is 2.33 bits per heavy atom. The maximum absolute atomic E-state index is 5.57. The summed E-state index contributed by atoms with van der Waals surface area (Å²) in [6.45, 7) is 1.73. The Labute approximate surface area is 60.4 Å². The van der Waals surface area contributed by atoms with Gasteiger partial charge in [-0.2, -0.15) is 0 Å². The zero-order chi connectivity index (χ0) is 7.28. The second kappa shape index (κ2) is 4.17. The largest absolute Gasteiger partial charge is 0.295 e. The Bertz CT molecular complexity index is 180. The molecule has 48 valence electrons. The molecule has 0 aromatic carbocycles. The molecule has 0 aliphatic carbocycles. The van der Waals surface area contributed by atoms with Crippen molar-refractivity contribution in [1.82, 2.24) is 0 Å². The van der Waals surface area contributed by atoms with Crippen LogP contribution in [-0.4, -0.2) is 13.3 Å². The summed E-state index contributed by atoms with van der Waals surface area (Å²) in [6, 6.07) is 0. The lowest BCUT2D eigenvalue weighted by Crippen LogP contribution is -1.80. The quantitative estimate of drug-likeness (QED) is 0.390. The first-order valence-electron chi connectivity index (χ1n) is 2.47. The molecule has 0 heterocycles. The van der Waals surface area contributed by atoms with Gasteiger partial charge in [0.2, 0.25) is 0 Å². The first-order valence-corrected chi connectivity index (χ1v) is 2.85. The van der Waals surface area contributed by atoms with E-state index in [4.69, 9.17) is 18.0 Å². The normalized spacial score (nSPS) is 13.1. The van der Waals surface area contributed by atoms with E-state index in [0.717, 1.165) is 0 Å². The molecule has 0 amide bonds. The van der Waals surface area contributed by atoms with Crippen molar-refractivity contribution in [2.24, 2.45) is 4.99 Å². The molecule has 0 bridgehead atoms. The summed E-state index contributed by atoms with van der Waals surface area (Å²) >= 11 is 5.57. The topological polar surface area (TPSA) is 12.4 Å². The van der Waals surface area contributed by atoms with Crippen LogP contribution < -0.4 is 0 Å². The third kappa shape index (κ3) is 2.94. The summed E-state index contributed by atoms with van der Waals surface area (Å²) in [5.74, 6) is 2.40. The van der Waals surface area contributed by atoms with Gasteiger partial charge in [-0.05, 0) is 6.92 Å². The van der Waals surface area contributed by atoms with Crippen LogP contribution in [0.3, 0.4) is 0 Å². The number of allylic oxidation sites excluding steroid dienone is 2. The molecule has 0 atom stereocenters. The number of rotatable bonds is 1. The molecule has 0 aliphatic rings. The Kier molecular flexibility index (Phi) is 3.83. The van der Waals surface area contributed by atoms with E-state index in [9.17, 15) is 0 Å². The van der Waals surface area contributed by atoms with Crippen molar-refractivity contribution in [3.05, 3.63) is 10.6 Å². The Morgan fingerprint density at radius 1 is 1.78 bits per heavy atom. The van der Waals surface area contributed by atoms with E-state index in [-0.39, 0.29) is 0 Å². The second-order valence-electron chi connectivity index (χ2n) is 1.48. The van der Waals surface area contributed by atoms with Gasteiger partial charge in [0.25, 0.3) is 0 Å². The highest BCUT2D eigenvalue weighted by atomic mass is 35.5. The van der Waals surface area contributed by atoms with Crippen molar-refractivity contribution < 1.29 is 0 Å². The number of hydrogen-bond acceptors (Lipinski definition) is 1. The van der Waals surface area contributed by atoms with Crippen molar-refractivity contribution in [2.75, 3.05) is 7.05 Å². The van der Waals surface area contributed by atoms with Crippen LogP contribution in [0, 0.1) is 12.3 Å². The predicted molar refractivity (Wildman–Crippen MR) is 41.8 cm³/mol. The Morgan fingerprint density at radius 3 is 2.44 bits per heavy atom. The van der Waals surface area contributed by atoms with Crippen LogP contribution in [0.5, 0.6) is 0 Å². The van der Waals surface area contributed by atoms with Crippen LogP contribution in [0.15, 0.2) is 15.6 Å². The van der Waals surface area contributed by atoms with E-state index < -0.39 is 0 Å². The lowest BCUT2D eigenvalue weighted by Gasteiger charge is -1.87. The first kappa shape index (κ1) is 8.26. The molecule has 1 nitrogen and oxygen atoms in total. The number of aliphatic imine (C=N–C) groups is 1. The fourth-order valence-corrected chi connectivity index (χ4v) is 0.458. The van der Waals surface area contributed by atoms with Gasteiger partial charge in [0.1, 0.15) is 0 Å². The first-order chi connectivity index (χ1) is 4.22. The number of hydrogen-bond donors (Lipinski definition) is 0. The number of nitrogens with zero attached hydrogens (tertiary/aromatic N) is 1. The van der Waals surface area contributed by atoms with E-state index in [1.165, 1.54) is 0 Å². The molecule has 0 unspecified atom stereocenters. The lowest BCUT2D eigenvalue weighted by atomic mass is 10.3. The minimum atomic E-state index is 0.600. The van der Waals surface area contributed by atoms with Gasteiger partial charge in [0, 0.05) is 18.3 Å². The van der Waals surface area contributed by atoms with E-state index in [1.807, 2.05) is 0 Å². The summed E-state index contributed by atoms with van der Waals surface area (Å²) in [5.41, 5.74) is 0.638. The van der Waals surface area contributed by atoms with E-state index in [2.05, 4.69) is 10.9 Å². The summed E-state index contributed by atoms with van der Waals surface area (Å²) in [5, 5.41) is 0.600. The smallest absolute Gasteiger partial charge is 0.0563 e. The Hall–Kier alpha value is -0.740. The fraction of sp³-hybridized carbons (Fsp3) is 0.286. The third-order valence-corrected chi connectivity index (χ3v) is 0.988. The zero-order valence-electron chi connectivity index (χ0n) is 5.48. The summed E-state index contributed by atoms with van der Waals surface area (Å²) in [6.07, 6.45) is 6.63. The fourth-order valence-electron chi connectivity index (χ4n) is 0.355. The average Bonchev–Trinajstić information content (AvgIpc) is 1.82. The van der Waals surface area contributed by atoms with Crippen LogP contribution in [0.1, 0.15) is 6.92 Å². The molecular formula is C7H8ClN. The zero-order valence-corrected chi connectivity index (χ0v) is 6.24. The third-order valence-electron chi connectivity index (χ3n) is 0.785. The molecule has 0 spiro atoms. The van der Waals surface area contributed by atoms with Crippen molar-refractivity contribution in [2.45, 2.75) is 6.92 Å². The SMILES string of the molecule is C#C/C(C=NC)=C(/C)Cl. The minimum absolute atomic E-state index is 0.600. The van der Waals surface area contributed by atoms with Gasteiger partial charge in [-0.3, -0.25) is 4.99 Å². The van der Waals surface area contributed by atoms with Crippen LogP contribution in [0.4, 0.5) is 0 Å². The van der Waals surface area contributed by atoms with Gasteiger partial charge in [-0.15, -0.1) is 6.42 Å². The molecule has 0 saturated heterocycles. The van der Waals surface area contributed by atoms with Crippen molar-refractivity contribution in [1.29, 1.82) is 0 Å². The highest BCUT2D eigenvalue weighted by Crippen LogP contribution is 2.04. The van der Waals surface area contributed by atoms with Crippen molar-refractivity contribution in [3.63, 3.8) is 0 Å². The molecule has 0 aliphatic heterocycles. The van der Waals surface area contributed by atoms with E-state index in [1.54, 1.807) is 20.2 Å². The molecular weight excluding hydrogens is 134 g/mol. The molecule has 0 radical (unpaired) electrons. The van der Waals surface area contributed by atoms with Crippen LogP contribution in [0.25, 0.3) is 0 Å². The van der Waals surface area contributed by atoms with Gasteiger partial charge in [-0.1, -0.05) is 17.5 Å². The molecule has 0 aromatic rings. The van der Waals surface area contributed by atoms with Crippen LogP contribution in [-0.2, 0) is 0 Å². The Balaban J connectivity index is 4.41. The lowest BCUT2D eigenvalue weighted by molar-refractivity contribution is 1.46. The maximum Gasteiger partial charge on any atom is 0.0563 e. The van der Waals surface area contributed by atoms with E-state index in [0.29, 0.717) is 10.6 Å². The molecule has 0 aromatic heterocycles. The van der Waals surface area contributed by atoms with Gasteiger partial charge in [0.15, 0.2) is 0 Å². The van der Waals surface area contributed by atoms with Crippen LogP contribution >= 0.6 is 11.6 Å². The highest BCUT2D eigenvalue weighted by Gasteiger charge is 1.88. The van der Waals surface area contributed by atoms with Gasteiger partial charge in [-0.25, -0.2) is 0 Å². The maximum atomic E-state index is 5.57. The monoisotopic (exact) mass is 141 g/mol. The van der Waals surface area contributed by atoms with E-state index >= 15 is 0 Å². The molecule has 0 saturated carbocycles. The summed E-state index contributed by atoms with van der Waals surface area (Å²) < 4.78 is 0. The summed E-state index contributed by atoms with van der Waals surface area (Å²) in [4.78, 5) is 3.72. The minimum Gasteiger partial charge on any atom is -0.295 e. The van der Waals surface area contributed by atoms with Crippen LogP contribution in [0.2, 0.25) is 0 Å². The van der Waals surface area contributed by atoms with Crippen molar-refractivity contribution in [3.8, 4) is 12.3 Å². The van der Waals surface area contributed by atoms with Gasteiger partial charge < -0.3 is 0 Å². The molecule has 0 rings (SSSR count).